The largest absolute Gasteiger partial charge is 0.489 e. The number of para-hydroxylation sites is 4. The summed E-state index contributed by atoms with van der Waals surface area (Å²) in [6.07, 6.45) is 0. The summed E-state index contributed by atoms with van der Waals surface area (Å²) >= 11 is 2.12. The summed E-state index contributed by atoms with van der Waals surface area (Å²) in [6.45, 7) is 0. The molecule has 64 heavy (non-hydrogen) atoms. The van der Waals surface area contributed by atoms with Crippen molar-refractivity contribution in [2.75, 3.05) is 14.2 Å². The van der Waals surface area contributed by atoms with Crippen LogP contribution in [0.4, 0.5) is 0 Å². The van der Waals surface area contributed by atoms with Gasteiger partial charge in [0, 0.05) is 48.7 Å². The summed E-state index contributed by atoms with van der Waals surface area (Å²) in [6, 6.07) is 49.7. The molecule has 4 heterocycles. The van der Waals surface area contributed by atoms with Crippen LogP contribution in [0.3, 0.4) is 0 Å². The summed E-state index contributed by atoms with van der Waals surface area (Å²) in [5.41, 5.74) is 9.06. The number of benzene rings is 8. The molecule has 0 radical (unpaired) electrons. The van der Waals surface area contributed by atoms with Gasteiger partial charge in [0.2, 0.25) is 0 Å². The standard InChI is InChI=1S/C26H16O4.C14H9IO3.C12H9BO3/c1-28-26(27)19-14-13-16-15-7-2-4-10-20(15)30-25(16)24(19)18-9-6-12-22-23(18)17-8-3-5-11-21(17)29-22;1-17-14(16)10-7-6-9-8-4-2-3-5-11(8)18-13(9)12(10)15;14-13(15)9-5-3-7-11-12(9)8-4-1-2-6-10(8)16-11/h2-14H,1H3;2-7H,1H3;1-7,14-15H. The fourth-order valence-electron chi connectivity index (χ4n) is 8.36. The molecule has 0 amide bonds. The molecule has 4 aromatic heterocycles. The first-order valence-electron chi connectivity index (χ1n) is 20.1. The topological polar surface area (TPSA) is 146 Å². The number of furan rings is 4. The second-order valence-electron chi connectivity index (χ2n) is 14.8. The van der Waals surface area contributed by atoms with E-state index in [9.17, 15) is 19.6 Å². The number of esters is 2. The van der Waals surface area contributed by atoms with Gasteiger partial charge in [0.05, 0.1) is 28.9 Å². The minimum atomic E-state index is -1.48. The van der Waals surface area contributed by atoms with Crippen molar-refractivity contribution < 1.29 is 46.8 Å². The molecule has 10 nitrogen and oxygen atoms in total. The van der Waals surface area contributed by atoms with Crippen LogP contribution in [0.25, 0.3) is 98.9 Å². The first-order chi connectivity index (χ1) is 31.2. The molecule has 0 aliphatic heterocycles. The van der Waals surface area contributed by atoms with Gasteiger partial charge in [0.25, 0.3) is 0 Å². The fraction of sp³-hybridized carbons (Fsp3) is 0.0385. The zero-order valence-electron chi connectivity index (χ0n) is 34.1. The lowest BCUT2D eigenvalue weighted by atomic mass is 9.77. The molecule has 312 valence electrons. The van der Waals surface area contributed by atoms with Gasteiger partial charge < -0.3 is 37.2 Å². The van der Waals surface area contributed by atoms with Crippen molar-refractivity contribution in [1.82, 2.24) is 0 Å². The number of carbonyl (C=O) groups is 2. The van der Waals surface area contributed by atoms with Crippen LogP contribution in [-0.4, -0.2) is 43.3 Å². The van der Waals surface area contributed by atoms with Crippen LogP contribution < -0.4 is 5.46 Å². The molecule has 0 unspecified atom stereocenters. The van der Waals surface area contributed by atoms with Crippen LogP contribution in [0.15, 0.2) is 175 Å². The lowest BCUT2D eigenvalue weighted by Crippen LogP contribution is -2.30. The number of fused-ring (bicyclic) bond motifs is 12. The molecular formula is C52H34BIO10. The average Bonchev–Trinajstić information content (AvgIpc) is 4.11. The van der Waals surface area contributed by atoms with Crippen molar-refractivity contribution in [2.24, 2.45) is 0 Å². The zero-order valence-corrected chi connectivity index (χ0v) is 36.3. The second kappa shape index (κ2) is 16.7. The molecular weight excluding hydrogens is 922 g/mol. The summed E-state index contributed by atoms with van der Waals surface area (Å²) < 4.78 is 34.4. The maximum absolute atomic E-state index is 12.7. The Bertz CT molecular complexity index is 3760. The Labute approximate surface area is 377 Å². The van der Waals surface area contributed by atoms with E-state index in [2.05, 4.69) is 22.6 Å². The van der Waals surface area contributed by atoms with Gasteiger partial charge in [0.1, 0.15) is 44.7 Å². The number of rotatable bonds is 4. The van der Waals surface area contributed by atoms with Crippen LogP contribution in [-0.2, 0) is 9.47 Å². The molecule has 8 aromatic carbocycles. The van der Waals surface area contributed by atoms with Crippen molar-refractivity contribution in [3.8, 4) is 11.1 Å². The summed E-state index contributed by atoms with van der Waals surface area (Å²) in [4.78, 5) is 24.3. The van der Waals surface area contributed by atoms with Crippen LogP contribution >= 0.6 is 22.6 Å². The van der Waals surface area contributed by atoms with Gasteiger partial charge in [-0.3, -0.25) is 0 Å². The van der Waals surface area contributed by atoms with E-state index >= 15 is 0 Å². The predicted molar refractivity (Wildman–Crippen MR) is 259 cm³/mol. The summed E-state index contributed by atoms with van der Waals surface area (Å²) in [5, 5.41) is 26.3. The monoisotopic (exact) mass is 956 g/mol. The quantitative estimate of drug-likeness (QED) is 0.0993. The number of carbonyl (C=O) groups excluding carboxylic acids is 2. The first-order valence-corrected chi connectivity index (χ1v) is 21.2. The van der Waals surface area contributed by atoms with Crippen molar-refractivity contribution >= 4 is 135 Å². The van der Waals surface area contributed by atoms with E-state index in [1.165, 1.54) is 14.2 Å². The highest BCUT2D eigenvalue weighted by molar-refractivity contribution is 14.1. The normalized spacial score (nSPS) is 11.3. The smallest absolute Gasteiger partial charge is 0.465 e. The molecule has 12 rings (SSSR count). The highest BCUT2D eigenvalue weighted by atomic mass is 127. The van der Waals surface area contributed by atoms with Gasteiger partial charge >= 0.3 is 19.1 Å². The van der Waals surface area contributed by atoms with E-state index in [0.717, 1.165) is 85.7 Å². The van der Waals surface area contributed by atoms with Gasteiger partial charge in [-0.25, -0.2) is 9.59 Å². The third-order valence-corrected chi connectivity index (χ3v) is 12.3. The molecule has 0 saturated heterocycles. The van der Waals surface area contributed by atoms with Gasteiger partial charge in [0.15, 0.2) is 0 Å². The Balaban J connectivity index is 0.000000122. The SMILES string of the molecule is COC(=O)c1ccc2c(oc3ccccc32)c1-c1cccc2oc3ccccc3c12.COC(=O)c1ccc2c(oc3ccccc32)c1I.OB(O)c1cccc2oc3ccccc3c12. The van der Waals surface area contributed by atoms with Crippen molar-refractivity contribution in [1.29, 1.82) is 0 Å². The third kappa shape index (κ3) is 6.92. The molecule has 0 aliphatic carbocycles. The molecule has 0 fully saturated rings. The van der Waals surface area contributed by atoms with E-state index in [1.807, 2.05) is 140 Å². The molecule has 0 atom stereocenters. The Kier molecular flexibility index (Phi) is 10.6. The first kappa shape index (κ1) is 40.7. The summed E-state index contributed by atoms with van der Waals surface area (Å²) in [5.74, 6) is -0.751. The van der Waals surface area contributed by atoms with E-state index in [4.69, 9.17) is 27.1 Å². The number of halogens is 1. The second-order valence-corrected chi connectivity index (χ2v) is 15.9. The van der Waals surface area contributed by atoms with Crippen molar-refractivity contribution in [3.63, 3.8) is 0 Å². The molecule has 0 spiro atoms. The lowest BCUT2D eigenvalue weighted by Gasteiger charge is -2.10. The highest BCUT2D eigenvalue weighted by Gasteiger charge is 2.24. The minimum absolute atomic E-state index is 0.346. The maximum Gasteiger partial charge on any atom is 0.489 e. The lowest BCUT2D eigenvalue weighted by molar-refractivity contribution is 0.0591. The predicted octanol–water partition coefficient (Wildman–Crippen LogP) is 12.2. The highest BCUT2D eigenvalue weighted by Crippen LogP contribution is 2.43. The number of methoxy groups -OCH3 is 2. The van der Waals surface area contributed by atoms with Gasteiger partial charge in [-0.2, -0.15) is 0 Å². The molecule has 0 saturated carbocycles. The average molecular weight is 957 g/mol. The Hall–Kier alpha value is -7.39. The van der Waals surface area contributed by atoms with Gasteiger partial charge in [-0.15, -0.1) is 0 Å². The molecule has 2 N–H and O–H groups in total. The number of ether oxygens (including phenoxy) is 2. The Morgan fingerprint density at radius 1 is 0.453 bits per heavy atom. The van der Waals surface area contributed by atoms with Crippen LogP contribution in [0, 0.1) is 3.57 Å². The van der Waals surface area contributed by atoms with Crippen LogP contribution in [0.1, 0.15) is 20.7 Å². The molecule has 0 aliphatic rings. The van der Waals surface area contributed by atoms with Gasteiger partial charge in [-0.05, 0) is 94.3 Å². The van der Waals surface area contributed by atoms with E-state index < -0.39 is 13.1 Å². The van der Waals surface area contributed by atoms with Gasteiger partial charge in [-0.1, -0.05) is 97.1 Å². The third-order valence-electron chi connectivity index (χ3n) is 11.2. The molecule has 0 bridgehead atoms. The Morgan fingerprint density at radius 3 is 1.47 bits per heavy atom. The molecule has 12 heteroatoms. The summed E-state index contributed by atoms with van der Waals surface area (Å²) in [7, 11) is 1.29. The minimum Gasteiger partial charge on any atom is -0.465 e. The van der Waals surface area contributed by atoms with E-state index in [0.29, 0.717) is 33.3 Å². The number of hydrogen-bond donors (Lipinski definition) is 2. The molecule has 12 aromatic rings. The Morgan fingerprint density at radius 2 is 0.891 bits per heavy atom. The van der Waals surface area contributed by atoms with E-state index in [-0.39, 0.29) is 5.97 Å². The maximum atomic E-state index is 12.7. The fourth-order valence-corrected chi connectivity index (χ4v) is 9.16. The number of hydrogen-bond acceptors (Lipinski definition) is 10. The van der Waals surface area contributed by atoms with E-state index in [1.54, 1.807) is 18.2 Å². The zero-order chi connectivity index (χ0) is 44.1. The van der Waals surface area contributed by atoms with Crippen LogP contribution in [0.2, 0.25) is 0 Å². The van der Waals surface area contributed by atoms with Crippen LogP contribution in [0.5, 0.6) is 0 Å². The van der Waals surface area contributed by atoms with Crippen molar-refractivity contribution in [2.45, 2.75) is 0 Å². The van der Waals surface area contributed by atoms with Crippen molar-refractivity contribution in [3.05, 3.63) is 172 Å².